The number of nitrogens with two attached hydrogens (primary N) is 1. The van der Waals surface area contributed by atoms with E-state index in [1.54, 1.807) is 0 Å². The summed E-state index contributed by atoms with van der Waals surface area (Å²) in [6.07, 6.45) is 4.14. The molecule has 0 aromatic rings. The molecule has 2 aliphatic rings. The summed E-state index contributed by atoms with van der Waals surface area (Å²) in [5.74, 6) is 3.10. The van der Waals surface area contributed by atoms with E-state index in [-0.39, 0.29) is 5.54 Å². The molecule has 0 amide bonds. The second-order valence-electron chi connectivity index (χ2n) is 5.32. The Labute approximate surface area is 97.8 Å². The summed E-state index contributed by atoms with van der Waals surface area (Å²) in [6, 6.07) is 0. The van der Waals surface area contributed by atoms with Gasteiger partial charge in [-0.2, -0.15) is 11.8 Å². The van der Waals surface area contributed by atoms with Gasteiger partial charge in [-0.3, -0.25) is 0 Å². The average Bonchev–Trinajstić information content (AvgIpc) is 3.01. The second-order valence-corrected chi connectivity index (χ2v) is 6.77. The van der Waals surface area contributed by atoms with E-state index in [1.165, 1.54) is 25.0 Å². The minimum absolute atomic E-state index is 0.230. The van der Waals surface area contributed by atoms with Gasteiger partial charge >= 0.3 is 0 Å². The van der Waals surface area contributed by atoms with Gasteiger partial charge in [0.15, 0.2) is 0 Å². The Morgan fingerprint density at radius 3 is 2.73 bits per heavy atom. The molecule has 1 saturated heterocycles. The first kappa shape index (κ1) is 11.7. The molecule has 2 rings (SSSR count). The molecule has 15 heavy (non-hydrogen) atoms. The van der Waals surface area contributed by atoms with Crippen LogP contribution in [0.4, 0.5) is 0 Å². The van der Waals surface area contributed by atoms with Gasteiger partial charge in [-0.25, -0.2) is 0 Å². The molecule has 0 bridgehead atoms. The topological polar surface area (TPSA) is 38.0 Å². The molecule has 3 unspecified atom stereocenters. The SMILES string of the molecule is CC(CNC1(CN)CCSC1C)C1CC1. The van der Waals surface area contributed by atoms with Crippen LogP contribution in [0.5, 0.6) is 0 Å². The van der Waals surface area contributed by atoms with Crippen LogP contribution in [0.2, 0.25) is 0 Å². The van der Waals surface area contributed by atoms with Gasteiger partial charge in [0.05, 0.1) is 0 Å². The van der Waals surface area contributed by atoms with Crippen molar-refractivity contribution in [2.45, 2.75) is 43.9 Å². The number of nitrogens with one attached hydrogen (secondary N) is 1. The molecule has 0 aromatic carbocycles. The van der Waals surface area contributed by atoms with Crippen LogP contribution in [0.15, 0.2) is 0 Å². The smallest absolute Gasteiger partial charge is 0.0429 e. The summed E-state index contributed by atoms with van der Waals surface area (Å²) in [4.78, 5) is 0. The first-order valence-electron chi connectivity index (χ1n) is 6.24. The molecule has 2 nitrogen and oxygen atoms in total. The Kier molecular flexibility index (Phi) is 3.63. The minimum atomic E-state index is 0.230. The van der Waals surface area contributed by atoms with E-state index in [9.17, 15) is 0 Å². The summed E-state index contributed by atoms with van der Waals surface area (Å²) in [5.41, 5.74) is 6.19. The van der Waals surface area contributed by atoms with Gasteiger partial charge in [0.2, 0.25) is 0 Å². The maximum absolute atomic E-state index is 5.96. The fraction of sp³-hybridized carbons (Fsp3) is 1.00. The third-order valence-electron chi connectivity index (χ3n) is 4.26. The van der Waals surface area contributed by atoms with Crippen molar-refractivity contribution in [2.24, 2.45) is 17.6 Å². The number of hydrogen-bond acceptors (Lipinski definition) is 3. The van der Waals surface area contributed by atoms with E-state index in [1.807, 2.05) is 0 Å². The van der Waals surface area contributed by atoms with Crippen LogP contribution >= 0.6 is 11.8 Å². The van der Waals surface area contributed by atoms with Crippen molar-refractivity contribution in [3.05, 3.63) is 0 Å². The van der Waals surface area contributed by atoms with Crippen LogP contribution in [0, 0.1) is 11.8 Å². The van der Waals surface area contributed by atoms with Crippen LogP contribution in [-0.2, 0) is 0 Å². The van der Waals surface area contributed by atoms with Crippen molar-refractivity contribution in [1.82, 2.24) is 5.32 Å². The molecular formula is C12H24N2S. The fourth-order valence-electron chi connectivity index (χ4n) is 2.55. The summed E-state index contributed by atoms with van der Waals surface area (Å²) < 4.78 is 0. The number of thioether (sulfide) groups is 1. The Morgan fingerprint density at radius 1 is 1.53 bits per heavy atom. The third kappa shape index (κ3) is 2.51. The quantitative estimate of drug-likeness (QED) is 0.754. The summed E-state index contributed by atoms with van der Waals surface area (Å²) in [6.45, 7) is 6.65. The van der Waals surface area contributed by atoms with Crippen LogP contribution in [-0.4, -0.2) is 29.6 Å². The average molecular weight is 228 g/mol. The van der Waals surface area contributed by atoms with Crippen molar-refractivity contribution >= 4 is 11.8 Å². The standard InChI is InChI=1S/C12H24N2S/c1-9(11-3-4-11)7-14-12(8-13)5-6-15-10(12)2/h9-11,14H,3-8,13H2,1-2H3. The molecule has 1 aliphatic carbocycles. The van der Waals surface area contributed by atoms with Crippen molar-refractivity contribution in [2.75, 3.05) is 18.8 Å². The largest absolute Gasteiger partial charge is 0.329 e. The molecule has 3 N–H and O–H groups in total. The van der Waals surface area contributed by atoms with E-state index in [4.69, 9.17) is 5.73 Å². The Hall–Kier alpha value is 0.270. The van der Waals surface area contributed by atoms with Crippen molar-refractivity contribution in [1.29, 1.82) is 0 Å². The highest BCUT2D eigenvalue weighted by Gasteiger charge is 2.40. The molecule has 1 aliphatic heterocycles. The van der Waals surface area contributed by atoms with Gasteiger partial charge in [0, 0.05) is 17.3 Å². The Morgan fingerprint density at radius 2 is 2.27 bits per heavy atom. The highest BCUT2D eigenvalue weighted by atomic mass is 32.2. The number of hydrogen-bond donors (Lipinski definition) is 2. The van der Waals surface area contributed by atoms with E-state index in [2.05, 4.69) is 30.9 Å². The minimum Gasteiger partial charge on any atom is -0.329 e. The van der Waals surface area contributed by atoms with Crippen molar-refractivity contribution in [3.8, 4) is 0 Å². The molecule has 0 aromatic heterocycles. The molecule has 3 heteroatoms. The Bertz CT molecular complexity index is 218. The molecule has 0 spiro atoms. The molecule has 1 saturated carbocycles. The van der Waals surface area contributed by atoms with E-state index in [0.29, 0.717) is 5.25 Å². The lowest BCUT2D eigenvalue weighted by atomic mass is 9.91. The van der Waals surface area contributed by atoms with Crippen LogP contribution in [0.3, 0.4) is 0 Å². The van der Waals surface area contributed by atoms with Crippen molar-refractivity contribution in [3.63, 3.8) is 0 Å². The van der Waals surface area contributed by atoms with Gasteiger partial charge in [0.1, 0.15) is 0 Å². The summed E-state index contributed by atoms with van der Waals surface area (Å²) in [5, 5.41) is 4.44. The zero-order valence-electron chi connectivity index (χ0n) is 9.96. The first-order chi connectivity index (χ1) is 7.18. The summed E-state index contributed by atoms with van der Waals surface area (Å²) in [7, 11) is 0. The second kappa shape index (κ2) is 4.64. The van der Waals surface area contributed by atoms with Gasteiger partial charge < -0.3 is 11.1 Å². The van der Waals surface area contributed by atoms with Crippen LogP contribution in [0.25, 0.3) is 0 Å². The molecule has 2 fully saturated rings. The highest BCUT2D eigenvalue weighted by Crippen LogP contribution is 2.38. The van der Waals surface area contributed by atoms with Crippen LogP contribution in [0.1, 0.15) is 33.1 Å². The van der Waals surface area contributed by atoms with E-state index in [0.717, 1.165) is 24.9 Å². The summed E-state index contributed by atoms with van der Waals surface area (Å²) >= 11 is 2.06. The Balaban J connectivity index is 1.84. The van der Waals surface area contributed by atoms with E-state index < -0.39 is 0 Å². The van der Waals surface area contributed by atoms with Gasteiger partial charge in [-0.05, 0) is 43.4 Å². The maximum atomic E-state index is 5.96. The highest BCUT2D eigenvalue weighted by molar-refractivity contribution is 8.00. The fourth-order valence-corrected chi connectivity index (χ4v) is 4.00. The first-order valence-corrected chi connectivity index (χ1v) is 7.29. The lowest BCUT2D eigenvalue weighted by molar-refractivity contribution is 0.302. The predicted octanol–water partition coefficient (Wildman–Crippen LogP) is 1.84. The molecule has 0 radical (unpaired) electrons. The third-order valence-corrected chi connectivity index (χ3v) is 5.65. The van der Waals surface area contributed by atoms with Gasteiger partial charge in [-0.1, -0.05) is 13.8 Å². The molecule has 3 atom stereocenters. The number of rotatable bonds is 5. The van der Waals surface area contributed by atoms with E-state index >= 15 is 0 Å². The zero-order valence-corrected chi connectivity index (χ0v) is 10.8. The molecule has 88 valence electrons. The lowest BCUT2D eigenvalue weighted by Gasteiger charge is -2.34. The molecular weight excluding hydrogens is 204 g/mol. The van der Waals surface area contributed by atoms with Gasteiger partial charge in [0.25, 0.3) is 0 Å². The monoisotopic (exact) mass is 228 g/mol. The molecule has 1 heterocycles. The maximum Gasteiger partial charge on any atom is 0.0429 e. The van der Waals surface area contributed by atoms with Crippen molar-refractivity contribution < 1.29 is 0 Å². The predicted molar refractivity (Wildman–Crippen MR) is 68.2 cm³/mol. The van der Waals surface area contributed by atoms with Crippen LogP contribution < -0.4 is 11.1 Å². The zero-order chi connectivity index (χ0) is 10.9. The lowest BCUT2D eigenvalue weighted by Crippen LogP contribution is -2.56. The normalized spacial score (nSPS) is 38.2. The van der Waals surface area contributed by atoms with Gasteiger partial charge in [-0.15, -0.1) is 0 Å².